The highest BCUT2D eigenvalue weighted by Gasteiger charge is 1.96. The van der Waals surface area contributed by atoms with Crippen molar-refractivity contribution in [2.24, 2.45) is 0 Å². The van der Waals surface area contributed by atoms with E-state index in [0.29, 0.717) is 18.8 Å². The second-order valence-corrected chi connectivity index (χ2v) is 2.30. The minimum Gasteiger partial charge on any atom is -0.319 e. The van der Waals surface area contributed by atoms with Crippen LogP contribution in [0.3, 0.4) is 0 Å². The van der Waals surface area contributed by atoms with Crippen LogP contribution in [0.4, 0.5) is 0 Å². The Labute approximate surface area is 68.1 Å². The van der Waals surface area contributed by atoms with Crippen LogP contribution in [0.25, 0.3) is 0 Å². The monoisotopic (exact) mass is 170 g/mol. The lowest BCUT2D eigenvalue weighted by molar-refractivity contribution is 0.732. The van der Waals surface area contributed by atoms with Crippen LogP contribution in [0.15, 0.2) is 9.59 Å². The van der Waals surface area contributed by atoms with Crippen LogP contribution in [0, 0.1) is 0 Å². The van der Waals surface area contributed by atoms with E-state index in [1.165, 1.54) is 0 Å². The molecule has 1 rings (SSSR count). The maximum absolute atomic E-state index is 10.7. The van der Waals surface area contributed by atoms with Crippen LogP contribution < -0.4 is 16.7 Å². The van der Waals surface area contributed by atoms with Crippen LogP contribution in [0.2, 0.25) is 0 Å². The molecule has 1 aromatic heterocycles. The van der Waals surface area contributed by atoms with Gasteiger partial charge in [0.25, 0.3) is 0 Å². The fourth-order valence-corrected chi connectivity index (χ4v) is 0.800. The number of aromatic amines is 2. The van der Waals surface area contributed by atoms with Gasteiger partial charge in [-0.25, -0.2) is 9.59 Å². The summed E-state index contributed by atoms with van der Waals surface area (Å²) in [5.41, 5.74) is -1.12. The maximum Gasteiger partial charge on any atom is 0.350 e. The number of aromatic nitrogens is 3. The Kier molecular flexibility index (Phi) is 2.76. The zero-order chi connectivity index (χ0) is 8.97. The molecule has 6 heteroatoms. The number of nitrogens with one attached hydrogen (secondary N) is 3. The molecule has 0 aliphatic rings. The van der Waals surface area contributed by atoms with Gasteiger partial charge in [-0.15, -0.1) is 0 Å². The Balaban J connectivity index is 2.86. The molecule has 0 aliphatic heterocycles. The third kappa shape index (κ3) is 2.31. The lowest BCUT2D eigenvalue weighted by atomic mass is 10.4. The van der Waals surface area contributed by atoms with E-state index in [1.807, 2.05) is 4.98 Å². The number of rotatable bonds is 3. The van der Waals surface area contributed by atoms with Gasteiger partial charge in [0.15, 0.2) is 0 Å². The zero-order valence-corrected chi connectivity index (χ0v) is 6.68. The molecule has 0 aromatic carbocycles. The van der Waals surface area contributed by atoms with Gasteiger partial charge in [0.05, 0.1) is 0 Å². The average Bonchev–Trinajstić information content (AvgIpc) is 1.99. The standard InChI is InChI=1S/C6H10N4O2/c1-7-3-2-4-8-5(11)10-6(12)9-4/h7H,2-3H2,1H3,(H2,8,9,10,11,12). The van der Waals surface area contributed by atoms with E-state index in [1.54, 1.807) is 7.05 Å². The van der Waals surface area contributed by atoms with Crippen molar-refractivity contribution >= 4 is 0 Å². The summed E-state index contributed by atoms with van der Waals surface area (Å²) < 4.78 is 0. The average molecular weight is 170 g/mol. The molecule has 0 aliphatic carbocycles. The molecule has 6 nitrogen and oxygen atoms in total. The first-order valence-electron chi connectivity index (χ1n) is 3.56. The van der Waals surface area contributed by atoms with Crippen LogP contribution >= 0.6 is 0 Å². The molecular weight excluding hydrogens is 160 g/mol. The van der Waals surface area contributed by atoms with Crippen molar-refractivity contribution in [1.82, 2.24) is 20.3 Å². The Morgan fingerprint density at radius 2 is 2.17 bits per heavy atom. The fourth-order valence-electron chi connectivity index (χ4n) is 0.800. The molecule has 1 aromatic rings. The normalized spacial score (nSPS) is 10.1. The second-order valence-electron chi connectivity index (χ2n) is 2.30. The minimum absolute atomic E-state index is 0.401. The van der Waals surface area contributed by atoms with Crippen molar-refractivity contribution in [2.75, 3.05) is 13.6 Å². The van der Waals surface area contributed by atoms with Crippen molar-refractivity contribution < 1.29 is 0 Å². The largest absolute Gasteiger partial charge is 0.350 e. The first-order chi connectivity index (χ1) is 5.72. The molecule has 0 saturated carbocycles. The van der Waals surface area contributed by atoms with Crippen molar-refractivity contribution in [3.8, 4) is 0 Å². The van der Waals surface area contributed by atoms with E-state index in [9.17, 15) is 9.59 Å². The first-order valence-corrected chi connectivity index (χ1v) is 3.56. The molecule has 0 radical (unpaired) electrons. The van der Waals surface area contributed by atoms with Gasteiger partial charge in [-0.05, 0) is 7.05 Å². The summed E-state index contributed by atoms with van der Waals surface area (Å²) in [6, 6.07) is 0. The Morgan fingerprint density at radius 3 is 2.75 bits per heavy atom. The van der Waals surface area contributed by atoms with Crippen LogP contribution in [0.5, 0.6) is 0 Å². The summed E-state index contributed by atoms with van der Waals surface area (Å²) in [6.07, 6.45) is 0.537. The summed E-state index contributed by atoms with van der Waals surface area (Å²) in [5.74, 6) is 0.401. The van der Waals surface area contributed by atoms with E-state index in [-0.39, 0.29) is 0 Å². The van der Waals surface area contributed by atoms with Crippen LogP contribution in [0.1, 0.15) is 5.82 Å². The molecule has 3 N–H and O–H groups in total. The summed E-state index contributed by atoms with van der Waals surface area (Å²) in [7, 11) is 1.78. The molecular formula is C6H10N4O2. The highest BCUT2D eigenvalue weighted by Crippen LogP contribution is 1.79. The summed E-state index contributed by atoms with van der Waals surface area (Å²) in [5, 5.41) is 2.88. The molecule has 0 bridgehead atoms. The summed E-state index contributed by atoms with van der Waals surface area (Å²) >= 11 is 0. The number of nitrogens with zero attached hydrogens (tertiary/aromatic N) is 1. The fraction of sp³-hybridized carbons (Fsp3) is 0.500. The molecule has 0 saturated heterocycles. The predicted molar refractivity (Wildman–Crippen MR) is 43.1 cm³/mol. The molecule has 1 heterocycles. The molecule has 12 heavy (non-hydrogen) atoms. The molecule has 66 valence electrons. The van der Waals surface area contributed by atoms with Crippen molar-refractivity contribution in [3.63, 3.8) is 0 Å². The third-order valence-electron chi connectivity index (χ3n) is 1.33. The van der Waals surface area contributed by atoms with Gasteiger partial charge in [-0.3, -0.25) is 9.97 Å². The first kappa shape index (κ1) is 8.66. The van der Waals surface area contributed by atoms with Gasteiger partial charge in [-0.1, -0.05) is 0 Å². The van der Waals surface area contributed by atoms with E-state index in [4.69, 9.17) is 0 Å². The lowest BCUT2D eigenvalue weighted by Crippen LogP contribution is -2.28. The number of likely N-dealkylation sites (N-methyl/N-ethyl adjacent to an activating group) is 1. The lowest BCUT2D eigenvalue weighted by Gasteiger charge is -1.96. The van der Waals surface area contributed by atoms with E-state index in [0.717, 1.165) is 0 Å². The predicted octanol–water partition coefficient (Wildman–Crippen LogP) is -1.78. The number of hydrogen-bond donors (Lipinski definition) is 3. The summed E-state index contributed by atoms with van der Waals surface area (Å²) in [4.78, 5) is 29.3. The molecule has 0 unspecified atom stereocenters. The second kappa shape index (κ2) is 3.82. The van der Waals surface area contributed by atoms with Gasteiger partial charge in [0.1, 0.15) is 5.82 Å². The van der Waals surface area contributed by atoms with Crippen LogP contribution in [-0.4, -0.2) is 28.5 Å². The number of H-pyrrole nitrogens is 2. The molecule has 0 amide bonds. The van der Waals surface area contributed by atoms with E-state index >= 15 is 0 Å². The zero-order valence-electron chi connectivity index (χ0n) is 6.68. The Hall–Kier alpha value is -1.43. The molecule has 0 spiro atoms. The van der Waals surface area contributed by atoms with Crippen molar-refractivity contribution in [1.29, 1.82) is 0 Å². The Morgan fingerprint density at radius 1 is 1.42 bits per heavy atom. The smallest absolute Gasteiger partial charge is 0.319 e. The quantitative estimate of drug-likeness (QED) is 0.500. The van der Waals surface area contributed by atoms with Gasteiger partial charge in [0, 0.05) is 13.0 Å². The maximum atomic E-state index is 10.7. The molecule has 0 atom stereocenters. The van der Waals surface area contributed by atoms with Gasteiger partial charge >= 0.3 is 11.4 Å². The number of hydrogen-bond acceptors (Lipinski definition) is 4. The topological polar surface area (TPSA) is 90.6 Å². The SMILES string of the molecule is CNCCc1nc(=O)[nH]c(=O)[nH]1. The minimum atomic E-state index is -0.607. The third-order valence-corrected chi connectivity index (χ3v) is 1.33. The van der Waals surface area contributed by atoms with Crippen molar-refractivity contribution in [3.05, 3.63) is 26.8 Å². The molecule has 0 fully saturated rings. The highest BCUT2D eigenvalue weighted by atomic mass is 16.2. The highest BCUT2D eigenvalue weighted by molar-refractivity contribution is 4.82. The van der Waals surface area contributed by atoms with Crippen LogP contribution in [-0.2, 0) is 6.42 Å². The van der Waals surface area contributed by atoms with Crippen molar-refractivity contribution in [2.45, 2.75) is 6.42 Å². The van der Waals surface area contributed by atoms with Gasteiger partial charge in [0.2, 0.25) is 0 Å². The Bertz CT molecular complexity index is 325. The summed E-state index contributed by atoms with van der Waals surface area (Å²) in [6.45, 7) is 0.673. The van der Waals surface area contributed by atoms with Gasteiger partial charge in [-0.2, -0.15) is 4.98 Å². The van der Waals surface area contributed by atoms with E-state index in [2.05, 4.69) is 15.3 Å². The van der Waals surface area contributed by atoms with E-state index < -0.39 is 11.4 Å². The van der Waals surface area contributed by atoms with Gasteiger partial charge < -0.3 is 5.32 Å².